The molecular weight excluding hydrogens is 472 g/mol. The zero-order valence-corrected chi connectivity index (χ0v) is 21.7. The molecule has 1 aliphatic carbocycles. The van der Waals surface area contributed by atoms with E-state index in [2.05, 4.69) is 10.8 Å². The number of hydrogen-bond donors (Lipinski definition) is 1. The van der Waals surface area contributed by atoms with Gasteiger partial charge in [0.1, 0.15) is 5.60 Å². The number of nitrogens with one attached hydrogen (secondary N) is 1. The highest BCUT2D eigenvalue weighted by molar-refractivity contribution is 7.89. The van der Waals surface area contributed by atoms with Crippen LogP contribution in [0.5, 0.6) is 0 Å². The van der Waals surface area contributed by atoms with Crippen molar-refractivity contribution in [2.24, 2.45) is 0 Å². The van der Waals surface area contributed by atoms with Gasteiger partial charge in [-0.25, -0.2) is 22.5 Å². The number of carbonyl (C=O) groups excluding carboxylic acids is 1. The lowest BCUT2D eigenvalue weighted by atomic mass is 10.0. The Labute approximate surface area is 212 Å². The van der Waals surface area contributed by atoms with Gasteiger partial charge in [0.15, 0.2) is 0 Å². The van der Waals surface area contributed by atoms with Gasteiger partial charge in [-0.05, 0) is 93.1 Å². The molecule has 36 heavy (non-hydrogen) atoms. The first-order valence-electron chi connectivity index (χ1n) is 12.1. The maximum Gasteiger partial charge on any atom is 0.419 e. The summed E-state index contributed by atoms with van der Waals surface area (Å²) in [6, 6.07) is 22.5. The second-order valence-electron chi connectivity index (χ2n) is 10.4. The number of sulfonamides is 1. The Bertz CT molecular complexity index is 1580. The Kier molecular flexibility index (Phi) is 6.01. The maximum atomic E-state index is 13.2. The predicted molar refractivity (Wildman–Crippen MR) is 142 cm³/mol. The molecule has 0 bridgehead atoms. The Morgan fingerprint density at radius 3 is 2.44 bits per heavy atom. The monoisotopic (exact) mass is 502 g/mol. The number of ether oxygens (including phenoxy) is 1. The van der Waals surface area contributed by atoms with Crippen molar-refractivity contribution in [1.29, 1.82) is 0 Å². The Morgan fingerprint density at radius 1 is 0.944 bits per heavy atom. The van der Waals surface area contributed by atoms with Gasteiger partial charge in [0.2, 0.25) is 10.0 Å². The van der Waals surface area contributed by atoms with Crippen molar-refractivity contribution in [1.82, 2.24) is 9.29 Å². The van der Waals surface area contributed by atoms with Crippen LogP contribution in [0.1, 0.15) is 37.5 Å². The van der Waals surface area contributed by atoms with Crippen LogP contribution < -0.4 is 4.72 Å². The van der Waals surface area contributed by atoms with Gasteiger partial charge >= 0.3 is 6.09 Å². The first kappa shape index (κ1) is 24.3. The van der Waals surface area contributed by atoms with Crippen molar-refractivity contribution in [2.75, 3.05) is 0 Å². The third kappa shape index (κ3) is 4.81. The van der Waals surface area contributed by atoms with Gasteiger partial charge in [-0.1, -0.05) is 42.5 Å². The van der Waals surface area contributed by atoms with E-state index in [1.807, 2.05) is 76.2 Å². The summed E-state index contributed by atoms with van der Waals surface area (Å²) >= 11 is 0. The smallest absolute Gasteiger partial charge is 0.419 e. The number of hydrogen-bond acceptors (Lipinski definition) is 4. The van der Waals surface area contributed by atoms with Crippen molar-refractivity contribution in [2.45, 2.75) is 57.1 Å². The van der Waals surface area contributed by atoms with Gasteiger partial charge in [-0.3, -0.25) is 0 Å². The van der Waals surface area contributed by atoms with Crippen LogP contribution >= 0.6 is 0 Å². The zero-order chi connectivity index (χ0) is 25.7. The van der Waals surface area contributed by atoms with E-state index < -0.39 is 21.7 Å². The highest BCUT2D eigenvalue weighted by Crippen LogP contribution is 2.33. The fraction of sp³-hybridized carbons (Fsp3) is 0.276. The number of aromatic nitrogens is 1. The summed E-state index contributed by atoms with van der Waals surface area (Å²) in [7, 11) is -3.61. The molecule has 1 heterocycles. The summed E-state index contributed by atoms with van der Waals surface area (Å²) in [5.41, 5.74) is 4.87. The SMILES string of the molecule is Cc1cccc(S(=O)(=O)NC2Cc3ccc(-c4cc5ccccc5n4C(=O)OC(C)(C)C)cc3C2)c1. The molecule has 1 aromatic heterocycles. The molecule has 0 fully saturated rings. The largest absolute Gasteiger partial charge is 0.443 e. The highest BCUT2D eigenvalue weighted by Gasteiger charge is 2.28. The van der Waals surface area contributed by atoms with Crippen molar-refractivity contribution in [3.8, 4) is 11.3 Å². The molecule has 4 aromatic rings. The van der Waals surface area contributed by atoms with Crippen LogP contribution in [0.4, 0.5) is 4.79 Å². The van der Waals surface area contributed by atoms with Crippen molar-refractivity contribution in [3.05, 3.63) is 89.5 Å². The van der Waals surface area contributed by atoms with Crippen molar-refractivity contribution in [3.63, 3.8) is 0 Å². The molecule has 1 unspecified atom stereocenters. The van der Waals surface area contributed by atoms with Crippen LogP contribution in [0.3, 0.4) is 0 Å². The van der Waals surface area contributed by atoms with Gasteiger partial charge in [-0.15, -0.1) is 0 Å². The molecule has 0 aliphatic heterocycles. The zero-order valence-electron chi connectivity index (χ0n) is 20.9. The molecule has 6 nitrogen and oxygen atoms in total. The second kappa shape index (κ2) is 8.91. The minimum absolute atomic E-state index is 0.225. The lowest BCUT2D eigenvalue weighted by Crippen LogP contribution is -2.35. The topological polar surface area (TPSA) is 77.4 Å². The Balaban J connectivity index is 1.45. The molecule has 3 aromatic carbocycles. The van der Waals surface area contributed by atoms with Crippen LogP contribution in [-0.2, 0) is 27.6 Å². The minimum atomic E-state index is -3.61. The predicted octanol–water partition coefficient (Wildman–Crippen LogP) is 5.85. The summed E-state index contributed by atoms with van der Waals surface area (Å²) in [5, 5.41) is 0.947. The summed E-state index contributed by atoms with van der Waals surface area (Å²) in [6.45, 7) is 7.43. The van der Waals surface area contributed by atoms with Crippen LogP contribution in [0.2, 0.25) is 0 Å². The van der Waals surface area contributed by atoms with E-state index in [1.165, 1.54) is 0 Å². The lowest BCUT2D eigenvalue weighted by molar-refractivity contribution is 0.0547. The van der Waals surface area contributed by atoms with Gasteiger partial charge in [0.05, 0.1) is 16.1 Å². The number of carbonyl (C=O) groups is 1. The summed E-state index contributed by atoms with van der Waals surface area (Å²) in [5.74, 6) is 0. The van der Waals surface area contributed by atoms with E-state index in [4.69, 9.17) is 4.74 Å². The van der Waals surface area contributed by atoms with Crippen LogP contribution in [-0.4, -0.2) is 30.7 Å². The molecule has 0 saturated carbocycles. The second-order valence-corrected chi connectivity index (χ2v) is 12.1. The third-order valence-electron chi connectivity index (χ3n) is 6.34. The van der Waals surface area contributed by atoms with Crippen LogP contribution in [0, 0.1) is 6.92 Å². The summed E-state index contributed by atoms with van der Waals surface area (Å²) in [4.78, 5) is 13.5. The van der Waals surface area contributed by atoms with Gasteiger partial charge in [0, 0.05) is 11.4 Å². The number of fused-ring (bicyclic) bond motifs is 2. The van der Waals surface area contributed by atoms with Gasteiger partial charge < -0.3 is 4.74 Å². The fourth-order valence-corrected chi connectivity index (χ4v) is 6.14. The van der Waals surface area contributed by atoms with E-state index >= 15 is 0 Å². The normalized spacial score (nSPS) is 15.7. The number of nitrogens with zero attached hydrogens (tertiary/aromatic N) is 1. The molecule has 0 amide bonds. The number of para-hydroxylation sites is 1. The Morgan fingerprint density at radius 2 is 1.69 bits per heavy atom. The van der Waals surface area contributed by atoms with Crippen LogP contribution in [0.25, 0.3) is 22.2 Å². The standard InChI is InChI=1S/C29H30N2O4S/c1-19-8-7-10-25(14-19)36(33,34)30-24-16-20-12-13-22(15-23(20)17-24)27-18-21-9-5-6-11-26(21)31(27)28(32)35-29(2,3)4/h5-15,18,24,30H,16-17H2,1-4H3. The van der Waals surface area contributed by atoms with E-state index in [9.17, 15) is 13.2 Å². The van der Waals surface area contributed by atoms with Gasteiger partial charge in [-0.2, -0.15) is 0 Å². The average Bonchev–Trinajstić information content (AvgIpc) is 3.37. The molecule has 0 saturated heterocycles. The third-order valence-corrected chi connectivity index (χ3v) is 7.86. The van der Waals surface area contributed by atoms with E-state index in [-0.39, 0.29) is 10.9 Å². The van der Waals surface area contributed by atoms with E-state index in [1.54, 1.807) is 22.8 Å². The first-order valence-corrected chi connectivity index (χ1v) is 13.5. The van der Waals surface area contributed by atoms with Crippen LogP contribution in [0.15, 0.2) is 77.7 Å². The Hall–Kier alpha value is -3.42. The van der Waals surface area contributed by atoms with Gasteiger partial charge in [0.25, 0.3) is 0 Å². The fourth-order valence-electron chi connectivity index (χ4n) is 4.80. The molecular formula is C29H30N2O4S. The highest BCUT2D eigenvalue weighted by atomic mass is 32.2. The summed E-state index contributed by atoms with van der Waals surface area (Å²) in [6.07, 6.45) is 0.777. The van der Waals surface area contributed by atoms with E-state index in [0.717, 1.165) is 38.9 Å². The molecule has 1 N–H and O–H groups in total. The number of aryl methyl sites for hydroxylation is 1. The maximum absolute atomic E-state index is 13.2. The number of benzene rings is 3. The lowest BCUT2D eigenvalue weighted by Gasteiger charge is -2.21. The van der Waals surface area contributed by atoms with Crippen molar-refractivity contribution >= 4 is 27.0 Å². The molecule has 1 aliphatic rings. The molecule has 1 atom stereocenters. The molecule has 186 valence electrons. The first-order chi connectivity index (χ1) is 17.0. The molecule has 0 radical (unpaired) electrons. The van der Waals surface area contributed by atoms with Crippen molar-refractivity contribution < 1.29 is 17.9 Å². The molecule has 5 rings (SSSR count). The molecule has 7 heteroatoms. The number of rotatable bonds is 4. The minimum Gasteiger partial charge on any atom is -0.443 e. The quantitative estimate of drug-likeness (QED) is 0.380. The summed E-state index contributed by atoms with van der Waals surface area (Å²) < 4.78 is 36.1. The van der Waals surface area contributed by atoms with E-state index in [0.29, 0.717) is 12.8 Å². The average molecular weight is 503 g/mol. The molecule has 0 spiro atoms.